The van der Waals surface area contributed by atoms with E-state index in [4.69, 9.17) is 0 Å². The van der Waals surface area contributed by atoms with Crippen molar-refractivity contribution in [2.75, 3.05) is 12.8 Å². The first-order valence-corrected chi connectivity index (χ1v) is 7.87. The lowest BCUT2D eigenvalue weighted by Gasteiger charge is -2.27. The highest BCUT2D eigenvalue weighted by molar-refractivity contribution is 7.98. The first-order valence-electron chi connectivity index (χ1n) is 6.65. The van der Waals surface area contributed by atoms with E-state index in [0.717, 1.165) is 12.2 Å². The number of nitrogens with one attached hydrogen (secondary N) is 1. The van der Waals surface area contributed by atoms with E-state index in [-0.39, 0.29) is 5.56 Å². The van der Waals surface area contributed by atoms with E-state index >= 15 is 0 Å². The second kappa shape index (κ2) is 5.95. The van der Waals surface area contributed by atoms with Crippen LogP contribution in [-0.4, -0.2) is 32.7 Å². The number of nitrogens with zero attached hydrogens (tertiary/aromatic N) is 3. The van der Waals surface area contributed by atoms with Gasteiger partial charge in [-0.25, -0.2) is 9.97 Å². The van der Waals surface area contributed by atoms with Crippen molar-refractivity contribution in [1.29, 1.82) is 0 Å². The van der Waals surface area contributed by atoms with Crippen LogP contribution in [0.1, 0.15) is 16.8 Å². The molecule has 0 aliphatic carbocycles. The Morgan fingerprint density at radius 2 is 2.38 bits per heavy atom. The second-order valence-corrected chi connectivity index (χ2v) is 5.71. The third kappa shape index (κ3) is 2.98. The monoisotopic (exact) mass is 306 g/mol. The van der Waals surface area contributed by atoms with E-state index in [1.54, 1.807) is 12.1 Å². The topological polar surface area (TPSA) is 61.9 Å². The van der Waals surface area contributed by atoms with Crippen LogP contribution in [0.25, 0.3) is 0 Å². The minimum atomic E-state index is -0.451. The molecule has 0 spiro atoms. The predicted octanol–water partition coefficient (Wildman–Crippen LogP) is 1.58. The number of hydrogen-bond donors (Lipinski definition) is 1. The van der Waals surface area contributed by atoms with E-state index in [1.807, 2.05) is 11.2 Å². The highest BCUT2D eigenvalue weighted by Crippen LogP contribution is 2.18. The first kappa shape index (κ1) is 14.2. The zero-order chi connectivity index (χ0) is 14.8. The number of halogens is 1. The fourth-order valence-corrected chi connectivity index (χ4v) is 2.86. The van der Waals surface area contributed by atoms with Crippen molar-refractivity contribution in [3.05, 3.63) is 51.5 Å². The second-order valence-electron chi connectivity index (χ2n) is 4.91. The number of aromatic nitrogens is 3. The van der Waals surface area contributed by atoms with E-state index < -0.39 is 5.95 Å². The summed E-state index contributed by atoms with van der Waals surface area (Å²) < 4.78 is 13.6. The Morgan fingerprint density at radius 3 is 3.14 bits per heavy atom. The molecule has 21 heavy (non-hydrogen) atoms. The van der Waals surface area contributed by atoms with E-state index in [0.29, 0.717) is 35.8 Å². The fourth-order valence-electron chi connectivity index (χ4n) is 2.47. The molecular formula is C14H15FN4OS. The molecule has 0 aromatic carbocycles. The van der Waals surface area contributed by atoms with E-state index in [1.165, 1.54) is 18.0 Å². The summed E-state index contributed by atoms with van der Waals surface area (Å²) in [6.45, 7) is 1.69. The predicted molar refractivity (Wildman–Crippen MR) is 78.7 cm³/mol. The number of thioether (sulfide) groups is 1. The lowest BCUT2D eigenvalue weighted by Crippen LogP contribution is -2.35. The SMILES string of the molecule is CSc1nc2c(c(=O)[nH]1)CN(Cc1cccnc1F)CC2. The molecule has 2 aromatic rings. The highest BCUT2D eigenvalue weighted by Gasteiger charge is 2.21. The minimum Gasteiger partial charge on any atom is -0.301 e. The van der Waals surface area contributed by atoms with Gasteiger partial charge in [-0.1, -0.05) is 17.8 Å². The lowest BCUT2D eigenvalue weighted by molar-refractivity contribution is 0.237. The molecule has 3 heterocycles. The molecule has 5 nitrogen and oxygen atoms in total. The van der Waals surface area contributed by atoms with Gasteiger partial charge in [0.25, 0.3) is 5.56 Å². The van der Waals surface area contributed by atoms with Crippen LogP contribution < -0.4 is 5.56 Å². The van der Waals surface area contributed by atoms with Crippen LogP contribution in [0.2, 0.25) is 0 Å². The third-order valence-electron chi connectivity index (χ3n) is 3.55. The van der Waals surface area contributed by atoms with Gasteiger partial charge in [0, 0.05) is 37.8 Å². The number of H-pyrrole nitrogens is 1. The molecule has 0 bridgehead atoms. The molecule has 0 saturated heterocycles. The molecule has 2 aromatic heterocycles. The van der Waals surface area contributed by atoms with E-state index in [9.17, 15) is 9.18 Å². The van der Waals surface area contributed by atoms with Crippen LogP contribution in [0, 0.1) is 5.95 Å². The van der Waals surface area contributed by atoms with Gasteiger partial charge < -0.3 is 4.98 Å². The van der Waals surface area contributed by atoms with Gasteiger partial charge in [-0.2, -0.15) is 4.39 Å². The lowest BCUT2D eigenvalue weighted by atomic mass is 10.1. The molecule has 1 aliphatic heterocycles. The maximum Gasteiger partial charge on any atom is 0.256 e. The Bertz CT molecular complexity index is 718. The van der Waals surface area contributed by atoms with Gasteiger partial charge in [-0.05, 0) is 12.3 Å². The standard InChI is InChI=1S/C14H15FN4OS/c1-21-14-17-11-4-6-19(8-10(11)13(20)18-14)7-9-3-2-5-16-12(9)15/h2-3,5H,4,6-8H2,1H3,(H,17,18,20). The van der Waals surface area contributed by atoms with E-state index in [2.05, 4.69) is 15.0 Å². The fraction of sp³-hybridized carbons (Fsp3) is 0.357. The first-order chi connectivity index (χ1) is 10.2. The Hall–Kier alpha value is -1.73. The number of aromatic amines is 1. The summed E-state index contributed by atoms with van der Waals surface area (Å²) in [5.74, 6) is -0.451. The largest absolute Gasteiger partial charge is 0.301 e. The van der Waals surface area contributed by atoms with Crippen LogP contribution in [0.5, 0.6) is 0 Å². The average molecular weight is 306 g/mol. The zero-order valence-electron chi connectivity index (χ0n) is 11.6. The molecule has 0 unspecified atom stereocenters. The minimum absolute atomic E-state index is 0.0966. The quantitative estimate of drug-likeness (QED) is 0.530. The summed E-state index contributed by atoms with van der Waals surface area (Å²) in [5.41, 5.74) is 1.99. The van der Waals surface area contributed by atoms with Crippen molar-refractivity contribution < 1.29 is 4.39 Å². The van der Waals surface area contributed by atoms with Crippen LogP contribution in [0.4, 0.5) is 4.39 Å². The number of pyridine rings is 1. The highest BCUT2D eigenvalue weighted by atomic mass is 32.2. The van der Waals surface area contributed by atoms with Crippen molar-refractivity contribution in [3.63, 3.8) is 0 Å². The van der Waals surface area contributed by atoms with Gasteiger partial charge in [-0.3, -0.25) is 9.69 Å². The van der Waals surface area contributed by atoms with Crippen LogP contribution in [0.15, 0.2) is 28.3 Å². The Kier molecular flexibility index (Phi) is 4.03. The Balaban J connectivity index is 1.82. The maximum atomic E-state index is 13.6. The van der Waals surface area contributed by atoms with Gasteiger partial charge in [0.05, 0.1) is 11.3 Å². The van der Waals surface area contributed by atoms with Gasteiger partial charge in [0.15, 0.2) is 5.16 Å². The molecule has 110 valence electrons. The Labute approximate surface area is 125 Å². The van der Waals surface area contributed by atoms with Gasteiger partial charge >= 0.3 is 0 Å². The molecule has 0 fully saturated rings. The molecule has 0 saturated carbocycles. The number of fused-ring (bicyclic) bond motifs is 1. The molecular weight excluding hydrogens is 291 g/mol. The van der Waals surface area contributed by atoms with Gasteiger partial charge in [0.2, 0.25) is 5.95 Å². The van der Waals surface area contributed by atoms with Crippen LogP contribution >= 0.6 is 11.8 Å². The molecule has 1 N–H and O–H groups in total. The van der Waals surface area contributed by atoms with Crippen molar-refractivity contribution in [2.24, 2.45) is 0 Å². The summed E-state index contributed by atoms with van der Waals surface area (Å²) in [6.07, 6.45) is 4.02. The molecule has 0 radical (unpaired) electrons. The Morgan fingerprint density at radius 1 is 1.52 bits per heavy atom. The third-order valence-corrected chi connectivity index (χ3v) is 4.13. The molecule has 3 rings (SSSR count). The van der Waals surface area contributed by atoms with Crippen LogP contribution in [0.3, 0.4) is 0 Å². The maximum absolute atomic E-state index is 13.6. The zero-order valence-corrected chi connectivity index (χ0v) is 12.4. The number of rotatable bonds is 3. The van der Waals surface area contributed by atoms with Crippen molar-refractivity contribution >= 4 is 11.8 Å². The molecule has 0 atom stereocenters. The normalized spacial score (nSPS) is 15.0. The molecule has 0 amide bonds. The summed E-state index contributed by atoms with van der Waals surface area (Å²) in [5, 5.41) is 0.644. The van der Waals surface area contributed by atoms with Gasteiger partial charge in [-0.15, -0.1) is 0 Å². The van der Waals surface area contributed by atoms with Crippen LogP contribution in [-0.2, 0) is 19.5 Å². The van der Waals surface area contributed by atoms with Gasteiger partial charge in [0.1, 0.15) is 0 Å². The molecule has 7 heteroatoms. The summed E-state index contributed by atoms with van der Waals surface area (Å²) in [6, 6.07) is 3.44. The van der Waals surface area contributed by atoms with Crippen molar-refractivity contribution in [2.45, 2.75) is 24.7 Å². The summed E-state index contributed by atoms with van der Waals surface area (Å²) in [7, 11) is 0. The summed E-state index contributed by atoms with van der Waals surface area (Å²) >= 11 is 1.42. The number of hydrogen-bond acceptors (Lipinski definition) is 5. The molecule has 1 aliphatic rings. The summed E-state index contributed by atoms with van der Waals surface area (Å²) in [4.78, 5) is 25.0. The smallest absolute Gasteiger partial charge is 0.256 e. The van der Waals surface area contributed by atoms with Crippen molar-refractivity contribution in [3.8, 4) is 0 Å². The average Bonchev–Trinajstić information content (AvgIpc) is 2.50. The van der Waals surface area contributed by atoms with Crippen molar-refractivity contribution in [1.82, 2.24) is 19.9 Å².